The highest BCUT2D eigenvalue weighted by Crippen LogP contribution is 2.34. The number of alkyl halides is 3. The Morgan fingerprint density at radius 3 is 2.44 bits per heavy atom. The average molecular weight is 359 g/mol. The summed E-state index contributed by atoms with van der Waals surface area (Å²) in [7, 11) is 2.02. The van der Waals surface area contributed by atoms with E-state index in [2.05, 4.69) is 17.1 Å². The van der Waals surface area contributed by atoms with Crippen LogP contribution in [0.4, 0.5) is 18.9 Å². The predicted octanol–water partition coefficient (Wildman–Crippen LogP) is 3.83. The minimum atomic E-state index is -4.44. The van der Waals surface area contributed by atoms with Crippen molar-refractivity contribution < 1.29 is 18.0 Å². The van der Waals surface area contributed by atoms with Crippen LogP contribution in [0.5, 0.6) is 0 Å². The summed E-state index contributed by atoms with van der Waals surface area (Å²) in [5.74, 6) is -0.390. The number of hydrogen-bond donors (Lipinski definition) is 1. The Bertz CT molecular complexity index is 575. The Morgan fingerprint density at radius 2 is 1.92 bits per heavy atom. The molecule has 0 radical (unpaired) electrons. The van der Waals surface area contributed by atoms with Crippen LogP contribution in [-0.2, 0) is 17.5 Å². The van der Waals surface area contributed by atoms with Crippen molar-refractivity contribution in [2.24, 2.45) is 0 Å². The lowest BCUT2D eigenvalue weighted by Crippen LogP contribution is -2.49. The van der Waals surface area contributed by atoms with Gasteiger partial charge in [0.25, 0.3) is 0 Å². The van der Waals surface area contributed by atoms with Gasteiger partial charge in [-0.1, -0.05) is 19.9 Å². The molecule has 1 aliphatic heterocycles. The monoisotopic (exact) mass is 359 g/mol. The number of carbonyl (C=O) groups excluding carboxylic acids is 1. The molecule has 1 N–H and O–H groups in total. The molecule has 1 saturated heterocycles. The van der Waals surface area contributed by atoms with Gasteiger partial charge >= 0.3 is 6.18 Å². The van der Waals surface area contributed by atoms with E-state index in [4.69, 9.17) is 0 Å². The van der Waals surface area contributed by atoms with Gasteiger partial charge in [0, 0.05) is 44.8 Å². The molecule has 0 saturated carbocycles. The van der Waals surface area contributed by atoms with Crippen LogP contribution >= 0.6 is 0 Å². The van der Waals surface area contributed by atoms with Gasteiger partial charge in [-0.05, 0) is 31.7 Å². The molecule has 1 aliphatic rings. The van der Waals surface area contributed by atoms with Gasteiger partial charge in [0.1, 0.15) is 0 Å². The number of nitrogens with one attached hydrogen (secondary N) is 1. The van der Waals surface area contributed by atoms with Crippen LogP contribution in [0.3, 0.4) is 0 Å². The number of carbonyl (C=O) groups is 1. The summed E-state index contributed by atoms with van der Waals surface area (Å²) >= 11 is 0. The highest BCUT2D eigenvalue weighted by atomic mass is 19.4. The van der Waals surface area contributed by atoms with Crippen molar-refractivity contribution in [1.29, 1.82) is 0 Å². The van der Waals surface area contributed by atoms with Crippen molar-refractivity contribution in [3.05, 3.63) is 29.3 Å². The number of benzene rings is 1. The topological polar surface area (TPSA) is 35.6 Å². The highest BCUT2D eigenvalue weighted by molar-refractivity contribution is 5.88. The van der Waals surface area contributed by atoms with Crippen LogP contribution in [0.2, 0.25) is 0 Å². The van der Waals surface area contributed by atoms with Gasteiger partial charge in [0.2, 0.25) is 5.91 Å². The largest absolute Gasteiger partial charge is 0.416 e. The van der Waals surface area contributed by atoms with Gasteiger partial charge in [0.15, 0.2) is 0 Å². The molecule has 1 aromatic rings. The maximum atomic E-state index is 13.3. The molecule has 4 nitrogen and oxygen atoms in total. The Kier molecular flexibility index (Phi) is 7.89. The van der Waals surface area contributed by atoms with Crippen molar-refractivity contribution in [2.45, 2.75) is 46.5 Å². The first kappa shape index (κ1) is 21.4. The SMILES string of the molecule is CC.CC(=O)Nc1ccc(CN2CCN(C)C(C)C2)c(C(F)(F)F)c1. The molecule has 1 heterocycles. The molecule has 1 amide bonds. The molecule has 1 unspecified atom stereocenters. The fourth-order valence-corrected chi connectivity index (χ4v) is 2.77. The van der Waals surface area contributed by atoms with Crippen molar-refractivity contribution in [3.63, 3.8) is 0 Å². The normalized spacial score (nSPS) is 19.1. The maximum absolute atomic E-state index is 13.3. The zero-order valence-corrected chi connectivity index (χ0v) is 15.6. The minimum Gasteiger partial charge on any atom is -0.326 e. The standard InChI is InChI=1S/C16H22F3N3O.C2H6/c1-11-9-22(7-6-21(11)3)10-13-4-5-14(20-12(2)23)8-15(13)16(17,18)19;1-2/h4-5,8,11H,6-7,9-10H2,1-3H3,(H,20,23);1-2H3. The first-order chi connectivity index (χ1) is 11.7. The molecule has 0 bridgehead atoms. The summed E-state index contributed by atoms with van der Waals surface area (Å²) in [6, 6.07) is 4.30. The molecule has 25 heavy (non-hydrogen) atoms. The first-order valence-electron chi connectivity index (χ1n) is 8.57. The summed E-state index contributed by atoms with van der Waals surface area (Å²) in [6.07, 6.45) is -4.44. The second-order valence-corrected chi connectivity index (χ2v) is 6.12. The molecule has 0 aromatic heterocycles. The van der Waals surface area contributed by atoms with E-state index in [9.17, 15) is 18.0 Å². The molecule has 142 valence electrons. The Hall–Kier alpha value is -1.60. The van der Waals surface area contributed by atoms with E-state index in [0.717, 1.165) is 25.7 Å². The highest BCUT2D eigenvalue weighted by Gasteiger charge is 2.34. The third-order valence-electron chi connectivity index (χ3n) is 4.17. The van der Waals surface area contributed by atoms with Crippen molar-refractivity contribution in [2.75, 3.05) is 32.0 Å². The lowest BCUT2D eigenvalue weighted by Gasteiger charge is -2.38. The Balaban J connectivity index is 0.00000151. The quantitative estimate of drug-likeness (QED) is 0.891. The van der Waals surface area contributed by atoms with Crippen molar-refractivity contribution in [3.8, 4) is 0 Å². The molecule has 1 atom stereocenters. The molecule has 1 fully saturated rings. The van der Waals surface area contributed by atoms with Crippen LogP contribution in [0, 0.1) is 0 Å². The van der Waals surface area contributed by atoms with E-state index in [1.165, 1.54) is 19.1 Å². The third-order valence-corrected chi connectivity index (χ3v) is 4.17. The van der Waals surface area contributed by atoms with E-state index in [1.54, 1.807) is 0 Å². The second kappa shape index (κ2) is 9.20. The van der Waals surface area contributed by atoms with Crippen LogP contribution in [0.1, 0.15) is 38.8 Å². The van der Waals surface area contributed by atoms with Crippen molar-refractivity contribution >= 4 is 11.6 Å². The molecular formula is C18H28F3N3O. The van der Waals surface area contributed by atoms with Crippen LogP contribution in [-0.4, -0.2) is 48.4 Å². The summed E-state index contributed by atoms with van der Waals surface area (Å²) in [5.41, 5.74) is -0.279. The Morgan fingerprint density at radius 1 is 1.28 bits per heavy atom. The lowest BCUT2D eigenvalue weighted by atomic mass is 10.0. The number of likely N-dealkylation sites (N-methyl/N-ethyl adjacent to an activating group) is 1. The number of amides is 1. The summed E-state index contributed by atoms with van der Waals surface area (Å²) in [5, 5.41) is 2.40. The van der Waals surface area contributed by atoms with Gasteiger partial charge in [0.05, 0.1) is 5.56 Å². The average Bonchev–Trinajstić information content (AvgIpc) is 2.53. The van der Waals surface area contributed by atoms with Gasteiger partial charge in [-0.3, -0.25) is 9.69 Å². The molecule has 1 aromatic carbocycles. The zero-order valence-electron chi connectivity index (χ0n) is 15.6. The molecular weight excluding hydrogens is 331 g/mol. The van der Waals surface area contributed by atoms with E-state index < -0.39 is 17.6 Å². The summed E-state index contributed by atoms with van der Waals surface area (Å²) in [6.45, 7) is 9.91. The molecule has 0 aliphatic carbocycles. The summed E-state index contributed by atoms with van der Waals surface area (Å²) in [4.78, 5) is 15.3. The van der Waals surface area contributed by atoms with Gasteiger partial charge in [-0.2, -0.15) is 13.2 Å². The number of piperazine rings is 1. The first-order valence-corrected chi connectivity index (χ1v) is 8.57. The van der Waals surface area contributed by atoms with Crippen LogP contribution < -0.4 is 5.32 Å². The smallest absolute Gasteiger partial charge is 0.326 e. The number of rotatable bonds is 3. The number of nitrogens with zero attached hydrogens (tertiary/aromatic N) is 2. The Labute approximate surface area is 148 Å². The second-order valence-electron chi connectivity index (χ2n) is 6.12. The number of anilines is 1. The lowest BCUT2D eigenvalue weighted by molar-refractivity contribution is -0.138. The van der Waals surface area contributed by atoms with Gasteiger partial charge < -0.3 is 10.2 Å². The molecule has 7 heteroatoms. The van der Waals surface area contributed by atoms with E-state index in [-0.39, 0.29) is 17.8 Å². The van der Waals surface area contributed by atoms with E-state index >= 15 is 0 Å². The predicted molar refractivity (Wildman–Crippen MR) is 94.5 cm³/mol. The number of hydrogen-bond acceptors (Lipinski definition) is 3. The minimum absolute atomic E-state index is 0.167. The zero-order chi connectivity index (χ0) is 19.2. The third kappa shape index (κ3) is 6.32. The van der Waals surface area contributed by atoms with Crippen LogP contribution in [0.15, 0.2) is 18.2 Å². The van der Waals surface area contributed by atoms with Gasteiger partial charge in [-0.15, -0.1) is 0 Å². The molecule has 0 spiro atoms. The van der Waals surface area contributed by atoms with E-state index in [0.29, 0.717) is 6.04 Å². The number of halogens is 3. The van der Waals surface area contributed by atoms with E-state index in [1.807, 2.05) is 25.8 Å². The fraction of sp³-hybridized carbons (Fsp3) is 0.611. The fourth-order valence-electron chi connectivity index (χ4n) is 2.77. The van der Waals surface area contributed by atoms with Gasteiger partial charge in [-0.25, -0.2) is 0 Å². The summed E-state index contributed by atoms with van der Waals surface area (Å²) < 4.78 is 40.0. The maximum Gasteiger partial charge on any atom is 0.416 e. The molecule has 2 rings (SSSR count). The van der Waals surface area contributed by atoms with Crippen LogP contribution in [0.25, 0.3) is 0 Å². The van der Waals surface area contributed by atoms with Crippen molar-refractivity contribution in [1.82, 2.24) is 9.80 Å².